The van der Waals surface area contributed by atoms with Gasteiger partial charge in [0.25, 0.3) is 0 Å². The predicted octanol–water partition coefficient (Wildman–Crippen LogP) is 3.39. The molecular weight excluding hydrogens is 184 g/mol. The Labute approximate surface area is 92.1 Å². The number of aryl methyl sites for hydroxylation is 1. The van der Waals surface area contributed by atoms with Crippen LogP contribution in [0, 0.1) is 12.8 Å². The van der Waals surface area contributed by atoms with Gasteiger partial charge in [0.2, 0.25) is 0 Å². The molecule has 82 valence electrons. The molecule has 15 heavy (non-hydrogen) atoms. The number of hydrogen-bond acceptors (Lipinski definition) is 1. The summed E-state index contributed by atoms with van der Waals surface area (Å²) in [5.74, 6) is 0.642. The molecule has 0 heterocycles. The van der Waals surface area contributed by atoms with Crippen molar-refractivity contribution < 1.29 is 5.11 Å². The van der Waals surface area contributed by atoms with E-state index in [1.54, 1.807) is 0 Å². The van der Waals surface area contributed by atoms with Crippen LogP contribution in [0.4, 0.5) is 0 Å². The summed E-state index contributed by atoms with van der Waals surface area (Å²) >= 11 is 0. The van der Waals surface area contributed by atoms with Crippen molar-refractivity contribution >= 4 is 0 Å². The molecule has 2 atom stereocenters. The summed E-state index contributed by atoms with van der Waals surface area (Å²) in [5.41, 5.74) is 1.79. The fraction of sp³-hybridized carbons (Fsp3) is 0.571. The van der Waals surface area contributed by atoms with Crippen molar-refractivity contribution in [2.24, 2.45) is 5.92 Å². The monoisotopic (exact) mass is 204 g/mol. The Morgan fingerprint density at radius 2 is 2.07 bits per heavy atom. The smallest absolute Gasteiger partial charge is 0.0901 e. The standard InChI is InChI=1S/C14H20O/c1-11-6-5-9-14(15,10-11)13-8-4-3-7-12(13)2/h3-4,7-8,11,15H,5-6,9-10H2,1-2H3. The zero-order valence-corrected chi connectivity index (χ0v) is 9.66. The van der Waals surface area contributed by atoms with Crippen LogP contribution < -0.4 is 0 Å². The minimum atomic E-state index is -0.566. The Hall–Kier alpha value is -0.820. The highest BCUT2D eigenvalue weighted by Crippen LogP contribution is 2.40. The van der Waals surface area contributed by atoms with Gasteiger partial charge in [-0.1, -0.05) is 37.6 Å². The van der Waals surface area contributed by atoms with E-state index in [9.17, 15) is 5.11 Å². The van der Waals surface area contributed by atoms with Crippen LogP contribution in [0.15, 0.2) is 24.3 Å². The van der Waals surface area contributed by atoms with E-state index in [1.807, 2.05) is 12.1 Å². The molecule has 1 N–H and O–H groups in total. The van der Waals surface area contributed by atoms with Crippen LogP contribution in [0.5, 0.6) is 0 Å². The van der Waals surface area contributed by atoms with Crippen molar-refractivity contribution in [3.63, 3.8) is 0 Å². The number of hydrogen-bond donors (Lipinski definition) is 1. The van der Waals surface area contributed by atoms with Gasteiger partial charge in [0, 0.05) is 0 Å². The summed E-state index contributed by atoms with van der Waals surface area (Å²) in [6.07, 6.45) is 4.24. The van der Waals surface area contributed by atoms with Crippen molar-refractivity contribution in [1.29, 1.82) is 0 Å². The third-order valence-electron chi connectivity index (χ3n) is 3.62. The van der Waals surface area contributed by atoms with Gasteiger partial charge in [-0.25, -0.2) is 0 Å². The second-order valence-electron chi connectivity index (χ2n) is 5.05. The topological polar surface area (TPSA) is 20.2 Å². The van der Waals surface area contributed by atoms with Crippen LogP contribution >= 0.6 is 0 Å². The van der Waals surface area contributed by atoms with E-state index < -0.39 is 5.60 Å². The molecule has 1 heteroatoms. The highest BCUT2D eigenvalue weighted by molar-refractivity contribution is 5.31. The lowest BCUT2D eigenvalue weighted by atomic mass is 9.74. The van der Waals surface area contributed by atoms with E-state index >= 15 is 0 Å². The first-order valence-corrected chi connectivity index (χ1v) is 5.90. The van der Waals surface area contributed by atoms with Crippen LogP contribution in [-0.4, -0.2) is 5.11 Å². The molecule has 0 saturated heterocycles. The average Bonchev–Trinajstić information content (AvgIpc) is 2.17. The van der Waals surface area contributed by atoms with Crippen LogP contribution in [0.1, 0.15) is 43.7 Å². The second-order valence-corrected chi connectivity index (χ2v) is 5.05. The van der Waals surface area contributed by atoms with Gasteiger partial charge in [-0.05, 0) is 43.2 Å². The molecule has 0 spiro atoms. The Morgan fingerprint density at radius 1 is 1.33 bits per heavy atom. The maximum atomic E-state index is 10.7. The predicted molar refractivity (Wildman–Crippen MR) is 62.7 cm³/mol. The molecule has 0 bridgehead atoms. The first kappa shape index (κ1) is 10.7. The van der Waals surface area contributed by atoms with E-state index in [1.165, 1.54) is 12.0 Å². The van der Waals surface area contributed by atoms with Gasteiger partial charge < -0.3 is 5.11 Å². The van der Waals surface area contributed by atoms with Crippen LogP contribution in [0.25, 0.3) is 0 Å². The highest BCUT2D eigenvalue weighted by Gasteiger charge is 2.34. The zero-order valence-electron chi connectivity index (χ0n) is 9.66. The Balaban J connectivity index is 2.32. The third-order valence-corrected chi connectivity index (χ3v) is 3.62. The SMILES string of the molecule is Cc1ccccc1C1(O)CCCC(C)C1. The quantitative estimate of drug-likeness (QED) is 0.743. The van der Waals surface area contributed by atoms with Crippen LogP contribution in [0.3, 0.4) is 0 Å². The van der Waals surface area contributed by atoms with Gasteiger partial charge in [-0.15, -0.1) is 0 Å². The van der Waals surface area contributed by atoms with Gasteiger partial charge in [0.05, 0.1) is 5.60 Å². The van der Waals surface area contributed by atoms with Gasteiger partial charge in [-0.2, -0.15) is 0 Å². The Bertz CT molecular complexity index is 345. The third kappa shape index (κ3) is 2.07. The molecule has 0 aliphatic heterocycles. The first-order chi connectivity index (χ1) is 7.12. The van der Waals surface area contributed by atoms with Gasteiger partial charge >= 0.3 is 0 Å². The molecule has 0 radical (unpaired) electrons. The molecule has 1 saturated carbocycles. The molecule has 1 aromatic rings. The van der Waals surface area contributed by atoms with Crippen molar-refractivity contribution in [3.8, 4) is 0 Å². The van der Waals surface area contributed by atoms with E-state index in [0.29, 0.717) is 5.92 Å². The highest BCUT2D eigenvalue weighted by atomic mass is 16.3. The summed E-state index contributed by atoms with van der Waals surface area (Å²) in [6, 6.07) is 8.23. The molecule has 2 rings (SSSR count). The molecule has 2 unspecified atom stereocenters. The maximum absolute atomic E-state index is 10.7. The maximum Gasteiger partial charge on any atom is 0.0901 e. The molecule has 1 aliphatic carbocycles. The molecule has 1 fully saturated rings. The summed E-state index contributed by atoms with van der Waals surface area (Å²) < 4.78 is 0. The van der Waals surface area contributed by atoms with Crippen LogP contribution in [0.2, 0.25) is 0 Å². The Kier molecular flexibility index (Phi) is 2.83. The van der Waals surface area contributed by atoms with Crippen molar-refractivity contribution in [2.45, 2.75) is 45.1 Å². The Morgan fingerprint density at radius 3 is 2.73 bits per heavy atom. The lowest BCUT2D eigenvalue weighted by molar-refractivity contribution is -0.0183. The fourth-order valence-electron chi connectivity index (χ4n) is 2.86. The molecule has 1 aromatic carbocycles. The van der Waals surface area contributed by atoms with Crippen molar-refractivity contribution in [1.82, 2.24) is 0 Å². The number of benzene rings is 1. The molecule has 0 aromatic heterocycles. The molecule has 0 amide bonds. The summed E-state index contributed by atoms with van der Waals surface area (Å²) in [6.45, 7) is 4.33. The van der Waals surface area contributed by atoms with Gasteiger partial charge in [0.1, 0.15) is 0 Å². The van der Waals surface area contributed by atoms with E-state index in [4.69, 9.17) is 0 Å². The van der Waals surface area contributed by atoms with Gasteiger partial charge in [0.15, 0.2) is 0 Å². The number of rotatable bonds is 1. The van der Waals surface area contributed by atoms with E-state index in [0.717, 1.165) is 24.8 Å². The number of aliphatic hydroxyl groups is 1. The van der Waals surface area contributed by atoms with Gasteiger partial charge in [-0.3, -0.25) is 0 Å². The van der Waals surface area contributed by atoms with Crippen molar-refractivity contribution in [3.05, 3.63) is 35.4 Å². The summed E-state index contributed by atoms with van der Waals surface area (Å²) in [7, 11) is 0. The summed E-state index contributed by atoms with van der Waals surface area (Å²) in [5, 5.41) is 10.7. The molecule has 1 aliphatic rings. The lowest BCUT2D eigenvalue weighted by Gasteiger charge is -2.36. The summed E-state index contributed by atoms with van der Waals surface area (Å²) in [4.78, 5) is 0. The lowest BCUT2D eigenvalue weighted by Crippen LogP contribution is -2.32. The second kappa shape index (κ2) is 3.97. The van der Waals surface area contributed by atoms with E-state index in [-0.39, 0.29) is 0 Å². The molecule has 1 nitrogen and oxygen atoms in total. The van der Waals surface area contributed by atoms with Crippen LogP contribution in [-0.2, 0) is 5.60 Å². The van der Waals surface area contributed by atoms with Crippen molar-refractivity contribution in [2.75, 3.05) is 0 Å². The minimum absolute atomic E-state index is 0.566. The first-order valence-electron chi connectivity index (χ1n) is 5.90. The van der Waals surface area contributed by atoms with E-state index in [2.05, 4.69) is 26.0 Å². The molecular formula is C14H20O. The fourth-order valence-corrected chi connectivity index (χ4v) is 2.86. The average molecular weight is 204 g/mol. The normalized spacial score (nSPS) is 31.5. The minimum Gasteiger partial charge on any atom is -0.385 e. The zero-order chi connectivity index (χ0) is 10.9. The largest absolute Gasteiger partial charge is 0.385 e.